The molecule has 0 amide bonds. The lowest BCUT2D eigenvalue weighted by Gasteiger charge is -2.12. The van der Waals surface area contributed by atoms with Crippen LogP contribution in [0.3, 0.4) is 0 Å². The number of hydrogen-bond donors (Lipinski definition) is 0. The van der Waals surface area contributed by atoms with E-state index in [0.29, 0.717) is 5.52 Å². The maximum atomic E-state index is 13.6. The minimum atomic E-state index is -0.971. The molecule has 1 heterocycles. The summed E-state index contributed by atoms with van der Waals surface area (Å²) in [6.45, 7) is -0.971. The molecule has 0 saturated heterocycles. The van der Waals surface area contributed by atoms with Gasteiger partial charge in [-0.3, -0.25) is 19.7 Å². The van der Waals surface area contributed by atoms with E-state index in [-0.39, 0.29) is 22.0 Å². The van der Waals surface area contributed by atoms with Crippen LogP contribution in [0, 0.1) is 15.9 Å². The fourth-order valence-electron chi connectivity index (χ4n) is 2.40. The quantitative estimate of drug-likeness (QED) is 0.491. The van der Waals surface area contributed by atoms with E-state index in [1.54, 1.807) is 4.57 Å². The predicted octanol–water partition coefficient (Wildman–Crippen LogP) is 2.59. The first-order valence-corrected chi connectivity index (χ1v) is 6.95. The van der Waals surface area contributed by atoms with Crippen LogP contribution in [-0.4, -0.2) is 21.8 Å². The minimum Gasteiger partial charge on any atom is -0.343 e. The van der Waals surface area contributed by atoms with Gasteiger partial charge in [-0.15, -0.1) is 0 Å². The second-order valence-corrected chi connectivity index (χ2v) is 5.62. The summed E-state index contributed by atoms with van der Waals surface area (Å²) >= 11 is 5.76. The Morgan fingerprint density at radius 2 is 2.14 bits per heavy atom. The molecule has 2 aromatic rings. The Labute approximate surface area is 128 Å². The van der Waals surface area contributed by atoms with Crippen molar-refractivity contribution in [1.29, 1.82) is 0 Å². The lowest BCUT2D eigenvalue weighted by molar-refractivity contribution is -0.465. The molecule has 0 spiro atoms. The fourth-order valence-corrected chi connectivity index (χ4v) is 2.56. The van der Waals surface area contributed by atoms with Crippen molar-refractivity contribution in [3.63, 3.8) is 0 Å². The Bertz CT molecular complexity index is 873. The molecule has 1 fully saturated rings. The van der Waals surface area contributed by atoms with Crippen LogP contribution in [0.4, 0.5) is 4.39 Å². The van der Waals surface area contributed by atoms with Gasteiger partial charge in [0.15, 0.2) is 0 Å². The topological polar surface area (TPSA) is 82.2 Å². The van der Waals surface area contributed by atoms with E-state index in [1.807, 2.05) is 0 Å². The lowest BCUT2D eigenvalue weighted by Crippen LogP contribution is -2.24. The van der Waals surface area contributed by atoms with Crippen LogP contribution in [0.15, 0.2) is 23.1 Å². The number of ketones is 1. The number of fused-ring (bicyclic) bond motifs is 1. The third-order valence-corrected chi connectivity index (χ3v) is 3.88. The lowest BCUT2D eigenvalue weighted by atomic mass is 10.1. The second kappa shape index (κ2) is 5.17. The van der Waals surface area contributed by atoms with Crippen LogP contribution in [0.5, 0.6) is 0 Å². The van der Waals surface area contributed by atoms with E-state index in [1.165, 1.54) is 12.3 Å². The Hall–Kier alpha value is -2.28. The van der Waals surface area contributed by atoms with Gasteiger partial charge in [-0.05, 0) is 25.0 Å². The molecule has 114 valence electrons. The third-order valence-electron chi connectivity index (χ3n) is 3.59. The second-order valence-electron chi connectivity index (χ2n) is 5.21. The van der Waals surface area contributed by atoms with Crippen molar-refractivity contribution in [2.24, 2.45) is 0 Å². The number of nitro groups is 1. The van der Waals surface area contributed by atoms with E-state index < -0.39 is 28.5 Å². The van der Waals surface area contributed by atoms with E-state index in [0.717, 1.165) is 18.9 Å². The van der Waals surface area contributed by atoms with Crippen molar-refractivity contribution in [2.75, 3.05) is 6.54 Å². The summed E-state index contributed by atoms with van der Waals surface area (Å²) in [5, 5.41) is 10.4. The Morgan fingerprint density at radius 3 is 2.73 bits per heavy atom. The van der Waals surface area contributed by atoms with Crippen molar-refractivity contribution in [1.82, 2.24) is 4.57 Å². The van der Waals surface area contributed by atoms with Gasteiger partial charge in [0, 0.05) is 22.5 Å². The van der Waals surface area contributed by atoms with Crippen molar-refractivity contribution in [3.8, 4) is 0 Å². The highest BCUT2D eigenvalue weighted by molar-refractivity contribution is 6.31. The van der Waals surface area contributed by atoms with Gasteiger partial charge < -0.3 is 4.57 Å². The molecule has 0 unspecified atom stereocenters. The summed E-state index contributed by atoms with van der Waals surface area (Å²) in [5.74, 6) is -1.66. The Morgan fingerprint density at radius 1 is 1.45 bits per heavy atom. The zero-order valence-electron chi connectivity index (χ0n) is 11.2. The highest BCUT2D eigenvalue weighted by Crippen LogP contribution is 2.37. The summed E-state index contributed by atoms with van der Waals surface area (Å²) in [4.78, 5) is 33.9. The number of rotatable bonds is 4. The molecular weight excluding hydrogens is 315 g/mol. The maximum absolute atomic E-state index is 13.6. The molecule has 3 rings (SSSR count). The number of pyridine rings is 1. The van der Waals surface area contributed by atoms with Gasteiger partial charge in [0.1, 0.15) is 5.82 Å². The van der Waals surface area contributed by atoms with Crippen molar-refractivity contribution >= 4 is 28.3 Å². The summed E-state index contributed by atoms with van der Waals surface area (Å²) in [6, 6.07) is 2.40. The number of Topliss-reactive ketones (excluding diaryl/α,β-unsaturated/α-hetero) is 1. The van der Waals surface area contributed by atoms with Crippen LogP contribution < -0.4 is 5.43 Å². The third kappa shape index (κ3) is 2.48. The molecule has 1 saturated carbocycles. The minimum absolute atomic E-state index is 0.00278. The van der Waals surface area contributed by atoms with Crippen LogP contribution in [0.1, 0.15) is 29.2 Å². The highest BCUT2D eigenvalue weighted by atomic mass is 35.5. The first-order chi connectivity index (χ1) is 10.4. The molecule has 1 aromatic carbocycles. The predicted molar refractivity (Wildman–Crippen MR) is 77.6 cm³/mol. The summed E-state index contributed by atoms with van der Waals surface area (Å²) in [6.07, 6.45) is 3.04. The fraction of sp³-hybridized carbons (Fsp3) is 0.286. The smallest absolute Gasteiger partial charge is 0.266 e. The molecule has 8 heteroatoms. The molecule has 0 bridgehead atoms. The van der Waals surface area contributed by atoms with Crippen molar-refractivity contribution < 1.29 is 14.1 Å². The number of carbonyl (C=O) groups excluding carboxylic acids is 1. The SMILES string of the molecule is O=C(C[N+](=O)[O-])c1cn(C2CC2)c2cc(Cl)c(F)cc2c1=O. The molecule has 6 nitrogen and oxygen atoms in total. The molecule has 0 N–H and O–H groups in total. The van der Waals surface area contributed by atoms with E-state index in [4.69, 9.17) is 11.6 Å². The van der Waals surface area contributed by atoms with E-state index in [2.05, 4.69) is 0 Å². The molecule has 0 atom stereocenters. The molecule has 0 aliphatic heterocycles. The zero-order chi connectivity index (χ0) is 16.0. The van der Waals surface area contributed by atoms with Gasteiger partial charge in [0.05, 0.1) is 16.1 Å². The molecule has 0 radical (unpaired) electrons. The van der Waals surface area contributed by atoms with E-state index >= 15 is 0 Å². The molecule has 1 aromatic heterocycles. The highest BCUT2D eigenvalue weighted by Gasteiger charge is 2.28. The van der Waals surface area contributed by atoms with Gasteiger partial charge in [-0.1, -0.05) is 11.6 Å². The molecular formula is C14H10ClFN2O4. The maximum Gasteiger partial charge on any atom is 0.266 e. The normalized spacial score (nSPS) is 14.3. The summed E-state index contributed by atoms with van der Waals surface area (Å²) in [7, 11) is 0. The van der Waals surface area contributed by atoms with Gasteiger partial charge in [-0.2, -0.15) is 0 Å². The van der Waals surface area contributed by atoms with Crippen molar-refractivity contribution in [2.45, 2.75) is 18.9 Å². The monoisotopic (exact) mass is 324 g/mol. The van der Waals surface area contributed by atoms with Gasteiger partial charge >= 0.3 is 0 Å². The number of carbonyl (C=O) groups is 1. The van der Waals surface area contributed by atoms with Crippen LogP contribution in [0.2, 0.25) is 5.02 Å². The number of benzene rings is 1. The molecule has 22 heavy (non-hydrogen) atoms. The average Bonchev–Trinajstić information content (AvgIpc) is 3.25. The van der Waals surface area contributed by atoms with Crippen LogP contribution in [-0.2, 0) is 0 Å². The first kappa shape index (κ1) is 14.6. The molecule has 1 aliphatic rings. The first-order valence-electron chi connectivity index (χ1n) is 6.57. The zero-order valence-corrected chi connectivity index (χ0v) is 12.0. The molecule has 1 aliphatic carbocycles. The largest absolute Gasteiger partial charge is 0.343 e. The average molecular weight is 325 g/mol. The van der Waals surface area contributed by atoms with Crippen LogP contribution >= 0.6 is 11.6 Å². The Kier molecular flexibility index (Phi) is 3.44. The standard InChI is InChI=1S/C14H10ClFN2O4/c15-10-4-12-8(3-11(10)16)14(20)9(13(19)6-18(21)22)5-17(12)7-1-2-7/h3-5,7H,1-2,6H2. The van der Waals surface area contributed by atoms with E-state index in [9.17, 15) is 24.1 Å². The van der Waals surface area contributed by atoms with Crippen LogP contribution in [0.25, 0.3) is 10.9 Å². The van der Waals surface area contributed by atoms with Gasteiger partial charge in [0.2, 0.25) is 11.2 Å². The Balaban J connectivity index is 2.29. The number of hydrogen-bond acceptors (Lipinski definition) is 4. The number of nitrogens with zero attached hydrogens (tertiary/aromatic N) is 2. The van der Waals surface area contributed by atoms with Gasteiger partial charge in [0.25, 0.3) is 6.54 Å². The van der Waals surface area contributed by atoms with Gasteiger partial charge in [-0.25, -0.2) is 4.39 Å². The summed E-state index contributed by atoms with van der Waals surface area (Å²) in [5.41, 5.74) is -0.580. The number of halogens is 2. The number of aromatic nitrogens is 1. The summed E-state index contributed by atoms with van der Waals surface area (Å²) < 4.78 is 15.3. The van der Waals surface area contributed by atoms with Crippen molar-refractivity contribution in [3.05, 3.63) is 55.1 Å².